The van der Waals surface area contributed by atoms with Gasteiger partial charge in [-0.05, 0) is 31.2 Å². The van der Waals surface area contributed by atoms with Crippen molar-refractivity contribution in [2.24, 2.45) is 0 Å². The fraction of sp³-hybridized carbons (Fsp3) is 0.214. The van der Waals surface area contributed by atoms with Crippen molar-refractivity contribution in [3.63, 3.8) is 0 Å². The number of nitrogens with one attached hydrogen (secondary N) is 1. The highest BCUT2D eigenvalue weighted by molar-refractivity contribution is 6.07. The molecule has 0 saturated heterocycles. The molecule has 1 heterocycles. The first kappa shape index (κ1) is 12.2. The van der Waals surface area contributed by atoms with E-state index in [2.05, 4.69) is 11.6 Å². The molecule has 94 valence electrons. The first-order chi connectivity index (χ1) is 8.71. The molecule has 0 bridgehead atoms. The Morgan fingerprint density at radius 1 is 1.50 bits per heavy atom. The van der Waals surface area contributed by atoms with Crippen molar-refractivity contribution in [1.29, 1.82) is 0 Å². The first-order valence-electron chi connectivity index (χ1n) is 5.70. The van der Waals surface area contributed by atoms with E-state index in [1.54, 1.807) is 20.1 Å². The van der Waals surface area contributed by atoms with Crippen LogP contribution in [0.5, 0.6) is 5.75 Å². The van der Waals surface area contributed by atoms with Gasteiger partial charge in [0, 0.05) is 10.9 Å². The zero-order valence-electron chi connectivity index (χ0n) is 10.4. The summed E-state index contributed by atoms with van der Waals surface area (Å²) in [5.74, 6) is 0.342. The zero-order chi connectivity index (χ0) is 13.1. The number of benzene rings is 1. The predicted molar refractivity (Wildman–Crippen MR) is 70.9 cm³/mol. The minimum atomic E-state index is -0.355. The number of aromatic nitrogens is 1. The van der Waals surface area contributed by atoms with Gasteiger partial charge in [-0.1, -0.05) is 6.58 Å². The quantitative estimate of drug-likeness (QED) is 0.842. The normalized spacial score (nSPS) is 10.3. The lowest BCUT2D eigenvalue weighted by atomic mass is 10.1. The number of ether oxygens (including phenoxy) is 2. The highest BCUT2D eigenvalue weighted by atomic mass is 16.5. The Morgan fingerprint density at radius 3 is 2.89 bits per heavy atom. The highest BCUT2D eigenvalue weighted by Gasteiger charge is 2.18. The van der Waals surface area contributed by atoms with Crippen LogP contribution in [-0.2, 0) is 4.74 Å². The largest absolute Gasteiger partial charge is 0.497 e. The van der Waals surface area contributed by atoms with Crippen LogP contribution >= 0.6 is 0 Å². The van der Waals surface area contributed by atoms with Gasteiger partial charge in [0.2, 0.25) is 0 Å². The summed E-state index contributed by atoms with van der Waals surface area (Å²) in [6.07, 6.45) is 1.61. The Labute approximate surface area is 105 Å². The highest BCUT2D eigenvalue weighted by Crippen LogP contribution is 2.27. The van der Waals surface area contributed by atoms with Crippen molar-refractivity contribution in [2.45, 2.75) is 6.92 Å². The third-order valence-electron chi connectivity index (χ3n) is 2.72. The summed E-state index contributed by atoms with van der Waals surface area (Å²) in [7, 11) is 1.59. The summed E-state index contributed by atoms with van der Waals surface area (Å²) in [6, 6.07) is 5.51. The van der Waals surface area contributed by atoms with Gasteiger partial charge in [0.15, 0.2) is 0 Å². The number of methoxy groups -OCH3 is 1. The smallest absolute Gasteiger partial charge is 0.340 e. The molecule has 0 unspecified atom stereocenters. The number of hydrogen-bond acceptors (Lipinski definition) is 3. The molecule has 0 spiro atoms. The average Bonchev–Trinajstić information content (AvgIpc) is 2.76. The van der Waals surface area contributed by atoms with Crippen LogP contribution in [-0.4, -0.2) is 24.7 Å². The molecule has 1 aromatic carbocycles. The van der Waals surface area contributed by atoms with Gasteiger partial charge in [-0.3, -0.25) is 0 Å². The Kier molecular flexibility index (Phi) is 3.37. The number of carbonyl (C=O) groups excluding carboxylic acids is 1. The number of fused-ring (bicyclic) bond motifs is 1. The molecule has 2 rings (SSSR count). The first-order valence-corrected chi connectivity index (χ1v) is 5.70. The molecule has 1 aromatic heterocycles. The lowest BCUT2D eigenvalue weighted by Gasteiger charge is -2.03. The van der Waals surface area contributed by atoms with Crippen LogP contribution in [0, 0.1) is 0 Å². The maximum Gasteiger partial charge on any atom is 0.340 e. The van der Waals surface area contributed by atoms with Crippen LogP contribution < -0.4 is 4.74 Å². The molecule has 0 aliphatic heterocycles. The van der Waals surface area contributed by atoms with Crippen LogP contribution in [0.25, 0.3) is 17.0 Å². The molecule has 0 saturated carbocycles. The molecule has 4 heteroatoms. The van der Waals surface area contributed by atoms with Gasteiger partial charge in [0.25, 0.3) is 0 Å². The Morgan fingerprint density at radius 2 is 2.28 bits per heavy atom. The maximum absolute atomic E-state index is 12.0. The molecule has 0 radical (unpaired) electrons. The summed E-state index contributed by atoms with van der Waals surface area (Å²) >= 11 is 0. The van der Waals surface area contributed by atoms with Crippen LogP contribution in [0.15, 0.2) is 24.8 Å². The number of hydrogen-bond donors (Lipinski definition) is 1. The van der Waals surface area contributed by atoms with E-state index in [0.29, 0.717) is 23.6 Å². The monoisotopic (exact) mass is 245 g/mol. The summed E-state index contributed by atoms with van der Waals surface area (Å²) in [4.78, 5) is 15.1. The van der Waals surface area contributed by atoms with Crippen molar-refractivity contribution in [3.8, 4) is 5.75 Å². The van der Waals surface area contributed by atoms with Crippen LogP contribution in [0.2, 0.25) is 0 Å². The van der Waals surface area contributed by atoms with E-state index >= 15 is 0 Å². The van der Waals surface area contributed by atoms with E-state index in [1.165, 1.54) is 0 Å². The van der Waals surface area contributed by atoms with Crippen molar-refractivity contribution in [1.82, 2.24) is 4.98 Å². The van der Waals surface area contributed by atoms with E-state index in [4.69, 9.17) is 9.47 Å². The topological polar surface area (TPSA) is 51.3 Å². The second-order valence-electron chi connectivity index (χ2n) is 3.75. The van der Waals surface area contributed by atoms with Gasteiger partial charge >= 0.3 is 5.97 Å². The molecule has 0 aliphatic rings. The standard InChI is InChI=1S/C14H15NO3/c1-4-11-13(14(16)18-5-2)10-8-9(17-3)6-7-12(10)15-11/h4,6-8,15H,1,5H2,2-3H3. The summed E-state index contributed by atoms with van der Waals surface area (Å²) < 4.78 is 10.2. The lowest BCUT2D eigenvalue weighted by Crippen LogP contribution is -2.05. The molecular formula is C14H15NO3. The molecule has 4 nitrogen and oxygen atoms in total. The van der Waals surface area contributed by atoms with Gasteiger partial charge in [0.05, 0.1) is 25.0 Å². The second-order valence-corrected chi connectivity index (χ2v) is 3.75. The third kappa shape index (κ3) is 1.97. The molecule has 0 atom stereocenters. The Hall–Kier alpha value is -2.23. The molecule has 0 aliphatic carbocycles. The maximum atomic E-state index is 12.0. The number of esters is 1. The third-order valence-corrected chi connectivity index (χ3v) is 2.72. The van der Waals surface area contributed by atoms with Crippen LogP contribution in [0.1, 0.15) is 23.0 Å². The fourth-order valence-corrected chi connectivity index (χ4v) is 1.90. The van der Waals surface area contributed by atoms with Gasteiger partial charge in [-0.25, -0.2) is 4.79 Å². The molecule has 0 amide bonds. The number of aromatic amines is 1. The summed E-state index contributed by atoms with van der Waals surface area (Å²) in [5, 5.41) is 0.780. The second kappa shape index (κ2) is 4.96. The lowest BCUT2D eigenvalue weighted by molar-refractivity contribution is 0.0528. The Bertz CT molecular complexity index is 598. The Balaban J connectivity index is 2.66. The van der Waals surface area contributed by atoms with Gasteiger partial charge in [-0.15, -0.1) is 0 Å². The van der Waals surface area contributed by atoms with E-state index in [-0.39, 0.29) is 5.97 Å². The summed E-state index contributed by atoms with van der Waals surface area (Å²) in [5.41, 5.74) is 2.02. The van der Waals surface area contributed by atoms with Crippen LogP contribution in [0.3, 0.4) is 0 Å². The number of rotatable bonds is 4. The van der Waals surface area contributed by atoms with Crippen molar-refractivity contribution >= 4 is 22.9 Å². The number of carbonyl (C=O) groups is 1. The molecule has 18 heavy (non-hydrogen) atoms. The van der Waals surface area contributed by atoms with Gasteiger partial charge in [-0.2, -0.15) is 0 Å². The minimum Gasteiger partial charge on any atom is -0.497 e. The van der Waals surface area contributed by atoms with Crippen molar-refractivity contribution in [2.75, 3.05) is 13.7 Å². The zero-order valence-corrected chi connectivity index (χ0v) is 10.4. The van der Waals surface area contributed by atoms with E-state index in [1.807, 2.05) is 18.2 Å². The van der Waals surface area contributed by atoms with E-state index in [0.717, 1.165) is 10.9 Å². The predicted octanol–water partition coefficient (Wildman–Crippen LogP) is 3.00. The molecular weight excluding hydrogens is 230 g/mol. The summed E-state index contributed by atoms with van der Waals surface area (Å²) in [6.45, 7) is 5.82. The fourth-order valence-electron chi connectivity index (χ4n) is 1.90. The van der Waals surface area contributed by atoms with E-state index < -0.39 is 0 Å². The van der Waals surface area contributed by atoms with Crippen molar-refractivity contribution in [3.05, 3.63) is 36.0 Å². The molecule has 1 N–H and O–H groups in total. The minimum absolute atomic E-state index is 0.339. The van der Waals surface area contributed by atoms with Gasteiger partial charge in [0.1, 0.15) is 5.75 Å². The number of H-pyrrole nitrogens is 1. The molecule has 0 fully saturated rings. The average molecular weight is 245 g/mol. The van der Waals surface area contributed by atoms with Crippen LogP contribution in [0.4, 0.5) is 0 Å². The molecule has 2 aromatic rings. The SMILES string of the molecule is C=Cc1[nH]c2ccc(OC)cc2c1C(=O)OCC. The van der Waals surface area contributed by atoms with E-state index in [9.17, 15) is 4.79 Å². The van der Waals surface area contributed by atoms with Crippen molar-refractivity contribution < 1.29 is 14.3 Å². The van der Waals surface area contributed by atoms with Gasteiger partial charge < -0.3 is 14.5 Å².